The van der Waals surface area contributed by atoms with E-state index in [4.69, 9.17) is 5.73 Å². The SMILES string of the molecule is CC(CNS(=O)(=O)CCCC(F)(F)F)C(N)=S. The van der Waals surface area contributed by atoms with Crippen molar-refractivity contribution >= 4 is 27.2 Å². The Bertz CT molecular complexity index is 354. The Kier molecular flexibility index (Phi) is 6.35. The molecule has 0 aromatic rings. The fraction of sp³-hybridized carbons (Fsp3) is 0.875. The van der Waals surface area contributed by atoms with E-state index in [0.717, 1.165) is 0 Å². The van der Waals surface area contributed by atoms with Crippen LogP contribution >= 0.6 is 12.2 Å². The molecule has 0 amide bonds. The van der Waals surface area contributed by atoms with Crippen molar-refractivity contribution < 1.29 is 21.6 Å². The third-order valence-corrected chi connectivity index (χ3v) is 3.80. The summed E-state index contributed by atoms with van der Waals surface area (Å²) in [6.45, 7) is 1.63. The molecule has 0 aliphatic heterocycles. The Morgan fingerprint density at radius 2 is 2.00 bits per heavy atom. The molecule has 0 radical (unpaired) electrons. The average molecular weight is 292 g/mol. The first-order chi connectivity index (χ1) is 7.53. The van der Waals surface area contributed by atoms with Crippen LogP contribution in [0.1, 0.15) is 19.8 Å². The zero-order chi connectivity index (χ0) is 13.7. The van der Waals surface area contributed by atoms with Gasteiger partial charge in [0.15, 0.2) is 0 Å². The van der Waals surface area contributed by atoms with Gasteiger partial charge in [-0.15, -0.1) is 0 Å². The Morgan fingerprint density at radius 1 is 1.47 bits per heavy atom. The van der Waals surface area contributed by atoms with Gasteiger partial charge in [-0.1, -0.05) is 19.1 Å². The van der Waals surface area contributed by atoms with Crippen LogP contribution in [0.4, 0.5) is 13.2 Å². The smallest absolute Gasteiger partial charge is 0.389 e. The van der Waals surface area contributed by atoms with Gasteiger partial charge < -0.3 is 5.73 Å². The van der Waals surface area contributed by atoms with E-state index in [2.05, 4.69) is 16.9 Å². The second-order valence-corrected chi connectivity index (χ2v) is 6.09. The topological polar surface area (TPSA) is 72.2 Å². The molecule has 17 heavy (non-hydrogen) atoms. The Balaban J connectivity index is 4.01. The lowest BCUT2D eigenvalue weighted by atomic mass is 10.2. The number of hydrogen-bond acceptors (Lipinski definition) is 3. The molecule has 0 saturated carbocycles. The maximum atomic E-state index is 11.8. The van der Waals surface area contributed by atoms with Crippen LogP contribution in [0.2, 0.25) is 0 Å². The Labute approximate surface area is 104 Å². The molecule has 1 atom stereocenters. The molecule has 0 bridgehead atoms. The number of halogens is 3. The van der Waals surface area contributed by atoms with Crippen molar-refractivity contribution in [3.05, 3.63) is 0 Å². The van der Waals surface area contributed by atoms with Gasteiger partial charge in [-0.3, -0.25) is 0 Å². The molecule has 0 heterocycles. The van der Waals surface area contributed by atoms with Crippen LogP contribution in [0.15, 0.2) is 0 Å². The molecule has 0 spiro atoms. The molecular formula is C8H15F3N2O2S2. The number of rotatable bonds is 7. The number of sulfonamides is 1. The van der Waals surface area contributed by atoms with Gasteiger partial charge in [0.25, 0.3) is 0 Å². The van der Waals surface area contributed by atoms with Crippen molar-refractivity contribution in [1.82, 2.24) is 4.72 Å². The van der Waals surface area contributed by atoms with E-state index in [1.54, 1.807) is 6.92 Å². The number of nitrogens with two attached hydrogens (primary N) is 1. The molecule has 0 aromatic carbocycles. The van der Waals surface area contributed by atoms with Gasteiger partial charge in [0.1, 0.15) is 0 Å². The second-order valence-electron chi connectivity index (χ2n) is 3.69. The zero-order valence-corrected chi connectivity index (χ0v) is 10.9. The van der Waals surface area contributed by atoms with E-state index >= 15 is 0 Å². The third-order valence-electron chi connectivity index (χ3n) is 1.97. The highest BCUT2D eigenvalue weighted by atomic mass is 32.2. The predicted molar refractivity (Wildman–Crippen MR) is 63.0 cm³/mol. The molecule has 102 valence electrons. The number of alkyl halides is 3. The quantitative estimate of drug-likeness (QED) is 0.691. The van der Waals surface area contributed by atoms with Crippen molar-refractivity contribution in [3.63, 3.8) is 0 Å². The van der Waals surface area contributed by atoms with Crippen molar-refractivity contribution in [3.8, 4) is 0 Å². The molecule has 0 aliphatic rings. The molecule has 0 aromatic heterocycles. The molecule has 9 heteroatoms. The van der Waals surface area contributed by atoms with Crippen LogP contribution in [-0.4, -0.2) is 31.9 Å². The van der Waals surface area contributed by atoms with Gasteiger partial charge in [0.05, 0.1) is 10.7 Å². The van der Waals surface area contributed by atoms with E-state index in [1.807, 2.05) is 0 Å². The summed E-state index contributed by atoms with van der Waals surface area (Å²) in [5, 5.41) is 0. The lowest BCUT2D eigenvalue weighted by molar-refractivity contribution is -0.134. The maximum Gasteiger partial charge on any atom is 0.389 e. The van der Waals surface area contributed by atoms with Gasteiger partial charge in [0, 0.05) is 18.9 Å². The highest BCUT2D eigenvalue weighted by Gasteiger charge is 2.27. The number of hydrogen-bond donors (Lipinski definition) is 2. The fourth-order valence-electron chi connectivity index (χ4n) is 0.887. The molecule has 0 saturated heterocycles. The highest BCUT2D eigenvalue weighted by molar-refractivity contribution is 7.89. The summed E-state index contributed by atoms with van der Waals surface area (Å²) in [4.78, 5) is 0.156. The van der Waals surface area contributed by atoms with Crippen LogP contribution in [-0.2, 0) is 10.0 Å². The van der Waals surface area contributed by atoms with Crippen LogP contribution in [0.3, 0.4) is 0 Å². The first kappa shape index (κ1) is 16.6. The summed E-state index contributed by atoms with van der Waals surface area (Å²) >= 11 is 4.64. The molecule has 0 fully saturated rings. The van der Waals surface area contributed by atoms with E-state index in [-0.39, 0.29) is 17.5 Å². The minimum Gasteiger partial charge on any atom is -0.393 e. The highest BCUT2D eigenvalue weighted by Crippen LogP contribution is 2.21. The van der Waals surface area contributed by atoms with Crippen LogP contribution in [0.5, 0.6) is 0 Å². The Morgan fingerprint density at radius 3 is 2.41 bits per heavy atom. The minimum absolute atomic E-state index is 0.00366. The van der Waals surface area contributed by atoms with Crippen molar-refractivity contribution in [2.45, 2.75) is 25.9 Å². The molecule has 4 nitrogen and oxygen atoms in total. The van der Waals surface area contributed by atoms with Crippen LogP contribution in [0.25, 0.3) is 0 Å². The van der Waals surface area contributed by atoms with E-state index in [1.165, 1.54) is 0 Å². The Hall–Kier alpha value is -0.410. The van der Waals surface area contributed by atoms with E-state index in [0.29, 0.717) is 0 Å². The zero-order valence-electron chi connectivity index (χ0n) is 9.25. The molecule has 1 unspecified atom stereocenters. The van der Waals surface area contributed by atoms with Gasteiger partial charge in [0.2, 0.25) is 10.0 Å². The molecule has 0 aliphatic carbocycles. The summed E-state index contributed by atoms with van der Waals surface area (Å²) in [6, 6.07) is 0. The normalized spacial score (nSPS) is 14.6. The standard InChI is InChI=1S/C8H15F3N2O2S2/c1-6(7(12)16)5-13-17(14,15)4-2-3-8(9,10)11/h6,13H,2-5H2,1H3,(H2,12,16). The maximum absolute atomic E-state index is 11.8. The minimum atomic E-state index is -4.33. The summed E-state index contributed by atoms with van der Waals surface area (Å²) < 4.78 is 60.1. The van der Waals surface area contributed by atoms with Crippen LogP contribution < -0.4 is 10.5 Å². The monoisotopic (exact) mass is 292 g/mol. The summed E-state index contributed by atoms with van der Waals surface area (Å²) in [6.07, 6.45) is -5.90. The van der Waals surface area contributed by atoms with Crippen molar-refractivity contribution in [1.29, 1.82) is 0 Å². The fourth-order valence-corrected chi connectivity index (χ4v) is 2.14. The molecule has 0 rings (SSSR count). The number of thiocarbonyl (C=S) groups is 1. The molecule has 3 N–H and O–H groups in total. The number of nitrogens with one attached hydrogen (secondary N) is 1. The van der Waals surface area contributed by atoms with Crippen LogP contribution in [0, 0.1) is 5.92 Å². The molecular weight excluding hydrogens is 277 g/mol. The van der Waals surface area contributed by atoms with E-state index < -0.39 is 34.8 Å². The van der Waals surface area contributed by atoms with Crippen molar-refractivity contribution in [2.24, 2.45) is 11.7 Å². The summed E-state index contributed by atoms with van der Waals surface area (Å²) in [5.74, 6) is -0.890. The summed E-state index contributed by atoms with van der Waals surface area (Å²) in [5.41, 5.74) is 5.27. The van der Waals surface area contributed by atoms with Crippen molar-refractivity contribution in [2.75, 3.05) is 12.3 Å². The second kappa shape index (κ2) is 6.50. The van der Waals surface area contributed by atoms with Gasteiger partial charge in [-0.05, 0) is 6.42 Å². The third kappa shape index (κ3) is 9.31. The first-order valence-electron chi connectivity index (χ1n) is 4.87. The average Bonchev–Trinajstić information content (AvgIpc) is 2.11. The van der Waals surface area contributed by atoms with Gasteiger partial charge in [-0.2, -0.15) is 13.2 Å². The van der Waals surface area contributed by atoms with Gasteiger partial charge >= 0.3 is 6.18 Å². The van der Waals surface area contributed by atoms with Gasteiger partial charge in [-0.25, -0.2) is 13.1 Å². The van der Waals surface area contributed by atoms with E-state index in [9.17, 15) is 21.6 Å². The lowest BCUT2D eigenvalue weighted by Crippen LogP contribution is -2.35. The first-order valence-corrected chi connectivity index (χ1v) is 6.93. The largest absolute Gasteiger partial charge is 0.393 e. The predicted octanol–water partition coefficient (Wildman–Crippen LogP) is 1.17. The summed E-state index contributed by atoms with van der Waals surface area (Å²) in [7, 11) is -3.70. The lowest BCUT2D eigenvalue weighted by Gasteiger charge is -2.11.